The van der Waals surface area contributed by atoms with E-state index in [4.69, 9.17) is 9.47 Å². The molecule has 136 valence electrons. The molecular formula is C19H18FNO4S. The highest BCUT2D eigenvalue weighted by Crippen LogP contribution is 2.32. The summed E-state index contributed by atoms with van der Waals surface area (Å²) < 4.78 is 52.5. The van der Waals surface area contributed by atoms with Crippen LogP contribution < -0.4 is 14.2 Å². The average molecular weight is 375 g/mol. The monoisotopic (exact) mass is 375 g/mol. The predicted octanol–water partition coefficient (Wildman–Crippen LogP) is 4.19. The molecule has 3 aromatic carbocycles. The molecule has 1 N–H and O–H groups in total. The van der Waals surface area contributed by atoms with Crippen LogP contribution in [0.5, 0.6) is 11.5 Å². The van der Waals surface area contributed by atoms with Crippen LogP contribution in [0.3, 0.4) is 0 Å². The Morgan fingerprint density at radius 1 is 1.00 bits per heavy atom. The molecule has 0 bridgehead atoms. The summed E-state index contributed by atoms with van der Waals surface area (Å²) in [5, 5.41) is 1.20. The number of halogens is 1. The summed E-state index contributed by atoms with van der Waals surface area (Å²) in [5.41, 5.74) is 0.117. The topological polar surface area (TPSA) is 64.6 Å². The molecule has 0 saturated carbocycles. The van der Waals surface area contributed by atoms with Gasteiger partial charge in [-0.15, -0.1) is 0 Å². The van der Waals surface area contributed by atoms with Crippen LogP contribution in [0.2, 0.25) is 0 Å². The molecule has 0 heterocycles. The number of methoxy groups -OCH3 is 1. The first kappa shape index (κ1) is 18.0. The highest BCUT2D eigenvalue weighted by atomic mass is 32.2. The first-order chi connectivity index (χ1) is 12.5. The number of rotatable bonds is 6. The number of nitrogens with one attached hydrogen (secondary N) is 1. The second-order valence-corrected chi connectivity index (χ2v) is 7.15. The molecule has 0 radical (unpaired) electrons. The van der Waals surface area contributed by atoms with Crippen LogP contribution in [-0.4, -0.2) is 22.1 Å². The van der Waals surface area contributed by atoms with Crippen LogP contribution >= 0.6 is 0 Å². The van der Waals surface area contributed by atoms with Crippen molar-refractivity contribution in [1.82, 2.24) is 0 Å². The number of ether oxygens (including phenoxy) is 2. The lowest BCUT2D eigenvalue weighted by Gasteiger charge is -2.13. The van der Waals surface area contributed by atoms with Crippen LogP contribution in [0, 0.1) is 5.82 Å². The van der Waals surface area contributed by atoms with E-state index in [2.05, 4.69) is 4.72 Å². The number of benzene rings is 3. The molecule has 3 rings (SSSR count). The molecule has 26 heavy (non-hydrogen) atoms. The zero-order valence-corrected chi connectivity index (χ0v) is 15.1. The number of hydrogen-bond acceptors (Lipinski definition) is 4. The lowest BCUT2D eigenvalue weighted by molar-refractivity contribution is 0.321. The summed E-state index contributed by atoms with van der Waals surface area (Å²) in [6.07, 6.45) is 0. The highest BCUT2D eigenvalue weighted by Gasteiger charge is 2.19. The van der Waals surface area contributed by atoms with Crippen LogP contribution in [0.25, 0.3) is 10.8 Å². The zero-order valence-electron chi connectivity index (χ0n) is 14.3. The number of anilines is 1. The van der Waals surface area contributed by atoms with Gasteiger partial charge >= 0.3 is 0 Å². The summed E-state index contributed by atoms with van der Waals surface area (Å²) in [4.78, 5) is 0.0863. The molecular weight excluding hydrogens is 357 g/mol. The van der Waals surface area contributed by atoms with Gasteiger partial charge in [0.25, 0.3) is 10.0 Å². The first-order valence-corrected chi connectivity index (χ1v) is 9.45. The van der Waals surface area contributed by atoms with E-state index < -0.39 is 15.8 Å². The molecule has 0 fully saturated rings. The van der Waals surface area contributed by atoms with E-state index >= 15 is 0 Å². The van der Waals surface area contributed by atoms with Gasteiger partial charge in [0, 0.05) is 16.8 Å². The van der Waals surface area contributed by atoms with Crippen molar-refractivity contribution in [1.29, 1.82) is 0 Å². The normalized spacial score (nSPS) is 11.3. The fourth-order valence-electron chi connectivity index (χ4n) is 2.70. The molecule has 0 aromatic heterocycles. The molecule has 0 unspecified atom stereocenters. The van der Waals surface area contributed by atoms with Gasteiger partial charge in [0.15, 0.2) is 11.6 Å². The van der Waals surface area contributed by atoms with E-state index in [9.17, 15) is 12.8 Å². The molecule has 0 aliphatic rings. The van der Waals surface area contributed by atoms with E-state index in [1.54, 1.807) is 37.3 Å². The molecule has 0 aliphatic heterocycles. The minimum atomic E-state index is -3.92. The summed E-state index contributed by atoms with van der Waals surface area (Å²) in [6.45, 7) is 2.06. The van der Waals surface area contributed by atoms with Crippen molar-refractivity contribution in [2.45, 2.75) is 11.8 Å². The second-order valence-electron chi connectivity index (χ2n) is 5.50. The first-order valence-electron chi connectivity index (χ1n) is 7.97. The smallest absolute Gasteiger partial charge is 0.262 e. The predicted molar refractivity (Wildman–Crippen MR) is 98.9 cm³/mol. The van der Waals surface area contributed by atoms with E-state index in [-0.39, 0.29) is 16.3 Å². The fourth-order valence-corrected chi connectivity index (χ4v) is 3.97. The summed E-state index contributed by atoms with van der Waals surface area (Å²) >= 11 is 0. The Balaban J connectivity index is 2.02. The summed E-state index contributed by atoms with van der Waals surface area (Å²) in [5.74, 6) is 0.0173. The van der Waals surface area contributed by atoms with Crippen molar-refractivity contribution in [2.75, 3.05) is 18.4 Å². The van der Waals surface area contributed by atoms with E-state index in [1.807, 2.05) is 0 Å². The summed E-state index contributed by atoms with van der Waals surface area (Å²) in [6, 6.07) is 14.0. The van der Waals surface area contributed by atoms with Gasteiger partial charge in [-0.25, -0.2) is 12.8 Å². The van der Waals surface area contributed by atoms with Gasteiger partial charge in [0.2, 0.25) is 0 Å². The lowest BCUT2D eigenvalue weighted by Crippen LogP contribution is -2.13. The standard InChI is InChI=1S/C19H18FNO4S/c1-3-25-18-9-8-13(12-16(18)20)21-26(22,23)19-11-10-17(24-2)14-6-4-5-7-15(14)19/h4-12,21H,3H2,1-2H3. The van der Waals surface area contributed by atoms with Crippen molar-refractivity contribution >= 4 is 26.5 Å². The third-order valence-electron chi connectivity index (χ3n) is 3.84. The molecule has 0 saturated heterocycles. The van der Waals surface area contributed by atoms with Gasteiger partial charge in [-0.05, 0) is 31.2 Å². The maximum Gasteiger partial charge on any atom is 0.262 e. The molecule has 7 heteroatoms. The zero-order chi connectivity index (χ0) is 18.7. The minimum Gasteiger partial charge on any atom is -0.496 e. The summed E-state index contributed by atoms with van der Waals surface area (Å²) in [7, 11) is -2.40. The Labute approximate surface area is 151 Å². The highest BCUT2D eigenvalue weighted by molar-refractivity contribution is 7.93. The maximum absolute atomic E-state index is 14.0. The van der Waals surface area contributed by atoms with Gasteiger partial charge < -0.3 is 9.47 Å². The Kier molecular flexibility index (Phi) is 4.99. The Morgan fingerprint density at radius 2 is 1.69 bits per heavy atom. The van der Waals surface area contributed by atoms with Crippen molar-refractivity contribution < 1.29 is 22.3 Å². The van der Waals surface area contributed by atoms with E-state index in [0.29, 0.717) is 23.1 Å². The number of sulfonamides is 1. The van der Waals surface area contributed by atoms with E-state index in [1.165, 1.54) is 25.3 Å². The molecule has 3 aromatic rings. The quantitative estimate of drug-likeness (QED) is 0.702. The maximum atomic E-state index is 14.0. The van der Waals surface area contributed by atoms with Gasteiger partial charge in [-0.2, -0.15) is 0 Å². The lowest BCUT2D eigenvalue weighted by atomic mass is 10.1. The van der Waals surface area contributed by atoms with Gasteiger partial charge in [0.1, 0.15) is 5.75 Å². The Morgan fingerprint density at radius 3 is 2.35 bits per heavy atom. The van der Waals surface area contributed by atoms with Crippen molar-refractivity contribution in [3.8, 4) is 11.5 Å². The van der Waals surface area contributed by atoms with Gasteiger partial charge in [-0.3, -0.25) is 4.72 Å². The number of fused-ring (bicyclic) bond motifs is 1. The Hall–Kier alpha value is -2.80. The molecule has 0 atom stereocenters. The van der Waals surface area contributed by atoms with Gasteiger partial charge in [0.05, 0.1) is 24.3 Å². The third kappa shape index (κ3) is 3.43. The average Bonchev–Trinajstić information content (AvgIpc) is 2.62. The fraction of sp³-hybridized carbons (Fsp3) is 0.158. The van der Waals surface area contributed by atoms with Crippen LogP contribution in [0.1, 0.15) is 6.92 Å². The molecule has 0 aliphatic carbocycles. The minimum absolute atomic E-state index is 0.0744. The SMILES string of the molecule is CCOc1ccc(NS(=O)(=O)c2ccc(OC)c3ccccc23)cc1F. The van der Waals surface area contributed by atoms with E-state index in [0.717, 1.165) is 6.07 Å². The van der Waals surface area contributed by atoms with Crippen LogP contribution in [0.15, 0.2) is 59.5 Å². The molecule has 0 spiro atoms. The molecule has 5 nitrogen and oxygen atoms in total. The largest absolute Gasteiger partial charge is 0.496 e. The Bertz CT molecular complexity index is 1050. The van der Waals surface area contributed by atoms with Crippen molar-refractivity contribution in [3.05, 3.63) is 60.4 Å². The van der Waals surface area contributed by atoms with Crippen LogP contribution in [-0.2, 0) is 10.0 Å². The second kappa shape index (κ2) is 7.21. The van der Waals surface area contributed by atoms with Crippen LogP contribution in [0.4, 0.5) is 10.1 Å². The third-order valence-corrected chi connectivity index (χ3v) is 5.28. The van der Waals surface area contributed by atoms with Gasteiger partial charge in [-0.1, -0.05) is 24.3 Å². The van der Waals surface area contributed by atoms with Crippen molar-refractivity contribution in [3.63, 3.8) is 0 Å². The van der Waals surface area contributed by atoms with Crippen molar-refractivity contribution in [2.24, 2.45) is 0 Å². The number of hydrogen-bond donors (Lipinski definition) is 1. The molecule has 0 amide bonds.